The van der Waals surface area contributed by atoms with Gasteiger partial charge in [0.1, 0.15) is 17.1 Å². The number of likely N-dealkylation sites (tertiary alicyclic amines) is 1. The number of hydrogen-bond acceptors (Lipinski definition) is 7. The van der Waals surface area contributed by atoms with Gasteiger partial charge in [0, 0.05) is 28.9 Å². The topological polar surface area (TPSA) is 96.7 Å². The molecule has 2 aromatic heterocycles. The highest BCUT2D eigenvalue weighted by atomic mass is 32.1. The first-order valence-electron chi connectivity index (χ1n) is 13.9. The van der Waals surface area contributed by atoms with Crippen molar-refractivity contribution in [2.75, 3.05) is 32.1 Å². The number of hydrogen-bond donors (Lipinski definition) is 2. The maximum absolute atomic E-state index is 13.3. The third kappa shape index (κ3) is 5.90. The summed E-state index contributed by atoms with van der Waals surface area (Å²) in [7, 11) is 1.60. The first kappa shape index (κ1) is 26.5. The van der Waals surface area contributed by atoms with Crippen molar-refractivity contribution in [2.45, 2.75) is 44.6 Å². The van der Waals surface area contributed by atoms with Crippen molar-refractivity contribution in [3.05, 3.63) is 76.5 Å². The Hall–Kier alpha value is -3.69. The molecule has 208 valence electrons. The number of carbonyl (C=O) groups is 2. The lowest BCUT2D eigenvalue weighted by Gasteiger charge is -2.21. The van der Waals surface area contributed by atoms with Gasteiger partial charge in [-0.15, -0.1) is 11.3 Å². The minimum Gasteiger partial charge on any atom is -0.496 e. The Bertz CT molecular complexity index is 1480. The average molecular weight is 559 g/mol. The molecule has 0 saturated carbocycles. The van der Waals surface area contributed by atoms with Crippen molar-refractivity contribution in [3.8, 4) is 5.75 Å². The SMILES string of the molecule is COc1ccccc1CC(=O)Nc1nc2c(s1)CCCC2C(=O)NCC1CCN(Cc2cc3ccccc3o2)C1. The number of ether oxygens (including phenoxy) is 1. The van der Waals surface area contributed by atoms with Crippen LogP contribution < -0.4 is 15.4 Å². The molecule has 9 heteroatoms. The van der Waals surface area contributed by atoms with E-state index in [2.05, 4.69) is 27.7 Å². The van der Waals surface area contributed by atoms with Crippen LogP contribution in [-0.2, 0) is 29.0 Å². The maximum atomic E-state index is 13.3. The molecule has 6 rings (SSSR count). The summed E-state index contributed by atoms with van der Waals surface area (Å²) >= 11 is 1.48. The van der Waals surface area contributed by atoms with Gasteiger partial charge >= 0.3 is 0 Å². The van der Waals surface area contributed by atoms with Crippen LogP contribution in [0.4, 0.5) is 5.13 Å². The van der Waals surface area contributed by atoms with Crippen LogP contribution in [-0.4, -0.2) is 48.4 Å². The number of amides is 2. The Balaban J connectivity index is 1.01. The standard InChI is InChI=1S/C31H34N4O4S/c1-38-25-10-4-2-8-22(25)16-28(36)33-31-34-29-24(9-6-12-27(29)40-31)30(37)32-17-20-13-14-35(18-20)19-23-15-21-7-3-5-11-26(21)39-23/h2-5,7-8,10-11,15,20,24H,6,9,12-14,16-19H2,1H3,(H,32,37)(H,33,34,36). The van der Waals surface area contributed by atoms with Crippen LogP contribution in [0.25, 0.3) is 11.0 Å². The average Bonchev–Trinajstić information content (AvgIpc) is 3.69. The van der Waals surface area contributed by atoms with E-state index in [1.54, 1.807) is 7.11 Å². The van der Waals surface area contributed by atoms with Crippen molar-refractivity contribution >= 4 is 39.3 Å². The van der Waals surface area contributed by atoms with Crippen LogP contribution in [0.15, 0.2) is 59.0 Å². The van der Waals surface area contributed by atoms with Crippen LogP contribution in [0.5, 0.6) is 5.75 Å². The van der Waals surface area contributed by atoms with Gasteiger partial charge in [-0.05, 0) is 56.3 Å². The third-order valence-electron chi connectivity index (χ3n) is 7.85. The zero-order valence-corrected chi connectivity index (χ0v) is 23.5. The highest BCUT2D eigenvalue weighted by Gasteiger charge is 2.32. The lowest BCUT2D eigenvalue weighted by molar-refractivity contribution is -0.123. The second-order valence-corrected chi connectivity index (χ2v) is 11.8. The normalized spacial score (nSPS) is 18.9. The molecule has 2 aliphatic rings. The molecule has 8 nitrogen and oxygen atoms in total. The van der Waals surface area contributed by atoms with E-state index in [-0.39, 0.29) is 24.2 Å². The van der Waals surface area contributed by atoms with E-state index in [1.165, 1.54) is 11.3 Å². The van der Waals surface area contributed by atoms with Gasteiger partial charge in [0.2, 0.25) is 11.8 Å². The number of aryl methyl sites for hydroxylation is 1. The number of thiazole rings is 1. The summed E-state index contributed by atoms with van der Waals surface area (Å²) in [5.41, 5.74) is 2.57. The van der Waals surface area contributed by atoms with Gasteiger partial charge < -0.3 is 19.8 Å². The summed E-state index contributed by atoms with van der Waals surface area (Å²) in [6.45, 7) is 3.38. The number of furan rings is 1. The molecule has 2 unspecified atom stereocenters. The fourth-order valence-corrected chi connectivity index (χ4v) is 6.92. The second-order valence-electron chi connectivity index (χ2n) is 10.7. The quantitative estimate of drug-likeness (QED) is 0.295. The van der Waals surface area contributed by atoms with Gasteiger partial charge in [0.05, 0.1) is 31.7 Å². The number of benzene rings is 2. The Morgan fingerprint density at radius 1 is 1.15 bits per heavy atom. The Kier molecular flexibility index (Phi) is 7.84. The molecule has 2 amide bonds. The molecule has 0 bridgehead atoms. The molecule has 2 N–H and O–H groups in total. The lowest BCUT2D eigenvalue weighted by Crippen LogP contribution is -2.35. The van der Waals surface area contributed by atoms with Crippen LogP contribution in [0.1, 0.15) is 47.1 Å². The number of fused-ring (bicyclic) bond motifs is 2. The fraction of sp³-hybridized carbons (Fsp3) is 0.387. The maximum Gasteiger partial charge on any atom is 0.230 e. The summed E-state index contributed by atoms with van der Waals surface area (Å²) in [5, 5.41) is 7.84. The van der Waals surface area contributed by atoms with Crippen molar-refractivity contribution in [1.82, 2.24) is 15.2 Å². The fourth-order valence-electron chi connectivity index (χ4n) is 5.84. The minimum absolute atomic E-state index is 0.0360. The van der Waals surface area contributed by atoms with Crippen LogP contribution in [0, 0.1) is 5.92 Å². The van der Waals surface area contributed by atoms with Crippen molar-refractivity contribution in [3.63, 3.8) is 0 Å². The molecule has 4 aromatic rings. The van der Waals surface area contributed by atoms with Gasteiger partial charge in [-0.1, -0.05) is 36.4 Å². The number of methoxy groups -OCH3 is 1. The van der Waals surface area contributed by atoms with E-state index < -0.39 is 0 Å². The first-order chi connectivity index (χ1) is 19.6. The monoisotopic (exact) mass is 558 g/mol. The van der Waals surface area contributed by atoms with Gasteiger partial charge in [-0.3, -0.25) is 14.5 Å². The lowest BCUT2D eigenvalue weighted by atomic mass is 9.90. The molecule has 3 heterocycles. The van der Waals surface area contributed by atoms with Crippen molar-refractivity contribution in [2.24, 2.45) is 5.92 Å². The smallest absolute Gasteiger partial charge is 0.230 e. The Labute approximate surface area is 237 Å². The first-order valence-corrected chi connectivity index (χ1v) is 14.8. The number of carbonyl (C=O) groups excluding carboxylic acids is 2. The van der Waals surface area contributed by atoms with Crippen molar-refractivity contribution < 1.29 is 18.7 Å². The minimum atomic E-state index is -0.270. The van der Waals surface area contributed by atoms with Crippen molar-refractivity contribution in [1.29, 1.82) is 0 Å². The highest BCUT2D eigenvalue weighted by Crippen LogP contribution is 2.37. The molecule has 1 saturated heterocycles. The number of aromatic nitrogens is 1. The summed E-state index contributed by atoms with van der Waals surface area (Å²) in [6, 6.07) is 17.7. The summed E-state index contributed by atoms with van der Waals surface area (Å²) in [4.78, 5) is 34.2. The van der Waals surface area contributed by atoms with E-state index >= 15 is 0 Å². The summed E-state index contributed by atoms with van der Waals surface area (Å²) in [6.07, 6.45) is 3.86. The number of nitrogens with one attached hydrogen (secondary N) is 2. The van der Waals surface area contributed by atoms with E-state index in [1.807, 2.05) is 42.5 Å². The van der Waals surface area contributed by atoms with Crippen LogP contribution in [0.2, 0.25) is 0 Å². The largest absolute Gasteiger partial charge is 0.496 e. The second kappa shape index (κ2) is 11.8. The Morgan fingerprint density at radius 2 is 2.00 bits per heavy atom. The predicted molar refractivity (Wildman–Crippen MR) is 156 cm³/mol. The van der Waals surface area contributed by atoms with E-state index in [0.29, 0.717) is 23.3 Å². The molecule has 1 aliphatic carbocycles. The van der Waals surface area contributed by atoms with Crippen LogP contribution in [0.3, 0.4) is 0 Å². The number of nitrogens with zero attached hydrogens (tertiary/aromatic N) is 2. The van der Waals surface area contributed by atoms with Crippen LogP contribution >= 0.6 is 11.3 Å². The van der Waals surface area contributed by atoms with E-state index in [4.69, 9.17) is 14.1 Å². The third-order valence-corrected chi connectivity index (χ3v) is 8.90. The highest BCUT2D eigenvalue weighted by molar-refractivity contribution is 7.15. The molecular weight excluding hydrogens is 524 g/mol. The molecule has 1 aliphatic heterocycles. The summed E-state index contributed by atoms with van der Waals surface area (Å²) in [5.74, 6) is 1.70. The predicted octanol–water partition coefficient (Wildman–Crippen LogP) is 5.14. The molecule has 2 atom stereocenters. The van der Waals surface area contributed by atoms with Gasteiger partial charge in [0.25, 0.3) is 0 Å². The zero-order valence-electron chi connectivity index (χ0n) is 22.7. The van der Waals surface area contributed by atoms with Gasteiger partial charge in [0.15, 0.2) is 5.13 Å². The summed E-state index contributed by atoms with van der Waals surface area (Å²) < 4.78 is 11.4. The molecule has 0 radical (unpaired) electrons. The molecule has 2 aromatic carbocycles. The van der Waals surface area contributed by atoms with Gasteiger partial charge in [-0.25, -0.2) is 4.98 Å². The molecule has 1 fully saturated rings. The number of anilines is 1. The van der Waals surface area contributed by atoms with E-state index in [9.17, 15) is 9.59 Å². The van der Waals surface area contributed by atoms with E-state index in [0.717, 1.165) is 78.2 Å². The molecule has 40 heavy (non-hydrogen) atoms. The zero-order chi connectivity index (χ0) is 27.5. The van der Waals surface area contributed by atoms with Gasteiger partial charge in [-0.2, -0.15) is 0 Å². The number of para-hydroxylation sites is 2. The molecule has 0 spiro atoms. The number of rotatable bonds is 9. The Morgan fingerprint density at radius 3 is 2.88 bits per heavy atom. The molecular formula is C31H34N4O4S.